The van der Waals surface area contributed by atoms with Crippen molar-refractivity contribution in [2.45, 2.75) is 19.5 Å². The van der Waals surface area contributed by atoms with E-state index >= 15 is 0 Å². The maximum Gasteiger partial charge on any atom is 0.490 e. The van der Waals surface area contributed by atoms with Gasteiger partial charge in [-0.15, -0.1) is 0 Å². The van der Waals surface area contributed by atoms with E-state index in [0.29, 0.717) is 23.5 Å². The molecule has 3 rings (SSSR count). The Labute approximate surface area is 167 Å². The van der Waals surface area contributed by atoms with Crippen LogP contribution in [-0.2, 0) is 16.0 Å². The Hall–Kier alpha value is -3.89. The summed E-state index contributed by atoms with van der Waals surface area (Å²) < 4.78 is 36.2. The number of alkyl halides is 3. The van der Waals surface area contributed by atoms with Crippen molar-refractivity contribution in [2.75, 3.05) is 5.32 Å². The summed E-state index contributed by atoms with van der Waals surface area (Å²) in [4.78, 5) is 34.3. The first-order chi connectivity index (χ1) is 14.0. The molecule has 2 aromatic carbocycles. The van der Waals surface area contributed by atoms with Crippen LogP contribution in [0.25, 0.3) is 11.4 Å². The largest absolute Gasteiger partial charge is 0.490 e. The van der Waals surface area contributed by atoms with E-state index in [0.717, 1.165) is 11.1 Å². The predicted molar refractivity (Wildman–Crippen MR) is 99.8 cm³/mol. The van der Waals surface area contributed by atoms with E-state index in [1.54, 1.807) is 24.3 Å². The van der Waals surface area contributed by atoms with Crippen molar-refractivity contribution >= 4 is 17.6 Å². The number of benzene rings is 2. The van der Waals surface area contributed by atoms with E-state index in [1.807, 2.05) is 31.2 Å². The van der Waals surface area contributed by atoms with Gasteiger partial charge in [-0.3, -0.25) is 14.3 Å². The van der Waals surface area contributed by atoms with Gasteiger partial charge >= 0.3 is 17.9 Å². The second kappa shape index (κ2) is 9.54. The molecule has 3 aromatic rings. The molecular weight excluding hydrogens is 407 g/mol. The van der Waals surface area contributed by atoms with Crippen molar-refractivity contribution in [1.82, 2.24) is 10.1 Å². The highest BCUT2D eigenvalue weighted by Crippen LogP contribution is 2.17. The fraction of sp³-hybridized carbons (Fsp3) is 0.158. The van der Waals surface area contributed by atoms with Crippen LogP contribution in [0.2, 0.25) is 0 Å². The first-order valence-corrected chi connectivity index (χ1v) is 8.36. The average Bonchev–Trinajstić information content (AvgIpc) is 3.10. The average molecular weight is 423 g/mol. The number of halogens is 3. The molecule has 0 fully saturated rings. The molecule has 30 heavy (non-hydrogen) atoms. The van der Waals surface area contributed by atoms with Crippen LogP contribution in [0.3, 0.4) is 0 Å². The van der Waals surface area contributed by atoms with E-state index in [9.17, 15) is 22.8 Å². The number of nitrogens with zero attached hydrogens (tertiary/aromatic N) is 1. The minimum Gasteiger partial charge on any atom is -0.475 e. The molecule has 0 aliphatic heterocycles. The Bertz CT molecular complexity index is 1050. The normalized spacial score (nSPS) is 10.7. The Morgan fingerprint density at radius 1 is 1.10 bits per heavy atom. The molecule has 0 unspecified atom stereocenters. The lowest BCUT2D eigenvalue weighted by atomic mass is 10.1. The molecule has 0 saturated heterocycles. The highest BCUT2D eigenvalue weighted by Gasteiger charge is 2.38. The van der Waals surface area contributed by atoms with Gasteiger partial charge in [0.25, 0.3) is 0 Å². The monoisotopic (exact) mass is 423 g/mol. The SMILES string of the molecule is Cc1ccc(CC(=O)Nc2ccc(-c3noc(=O)[nH]3)cc2)cc1.O=C(O)C(F)(F)F. The van der Waals surface area contributed by atoms with Crippen molar-refractivity contribution in [2.24, 2.45) is 0 Å². The number of aryl methyl sites for hydroxylation is 1. The molecule has 3 N–H and O–H groups in total. The summed E-state index contributed by atoms with van der Waals surface area (Å²) in [5.41, 5.74) is 3.50. The van der Waals surface area contributed by atoms with Crippen LogP contribution in [0.4, 0.5) is 18.9 Å². The van der Waals surface area contributed by atoms with Gasteiger partial charge in [0.2, 0.25) is 5.91 Å². The van der Waals surface area contributed by atoms with E-state index in [1.165, 1.54) is 0 Å². The van der Waals surface area contributed by atoms with E-state index in [-0.39, 0.29) is 5.91 Å². The molecule has 0 aliphatic rings. The van der Waals surface area contributed by atoms with Crippen molar-refractivity contribution in [3.8, 4) is 11.4 Å². The number of amides is 1. The summed E-state index contributed by atoms with van der Waals surface area (Å²) in [5, 5.41) is 13.6. The van der Waals surface area contributed by atoms with Crippen LogP contribution in [-0.4, -0.2) is 33.3 Å². The number of H-pyrrole nitrogens is 1. The summed E-state index contributed by atoms with van der Waals surface area (Å²) in [5.74, 6) is -3.09. The van der Waals surface area contributed by atoms with Gasteiger partial charge in [0, 0.05) is 11.3 Å². The van der Waals surface area contributed by atoms with Crippen molar-refractivity contribution in [3.05, 3.63) is 70.2 Å². The third kappa shape index (κ3) is 6.93. The predicted octanol–water partition coefficient (Wildman–Crippen LogP) is 3.15. The van der Waals surface area contributed by atoms with Gasteiger partial charge in [-0.1, -0.05) is 35.0 Å². The van der Waals surface area contributed by atoms with Crippen LogP contribution in [0, 0.1) is 6.92 Å². The number of carboxylic acid groups (broad SMARTS) is 1. The molecule has 0 spiro atoms. The number of carbonyl (C=O) groups excluding carboxylic acids is 1. The van der Waals surface area contributed by atoms with Gasteiger partial charge in [0.15, 0.2) is 5.82 Å². The molecule has 0 atom stereocenters. The van der Waals surface area contributed by atoms with Gasteiger partial charge in [-0.05, 0) is 36.8 Å². The lowest BCUT2D eigenvalue weighted by Gasteiger charge is -2.06. The van der Waals surface area contributed by atoms with Crippen LogP contribution >= 0.6 is 0 Å². The zero-order chi connectivity index (χ0) is 22.3. The molecule has 0 radical (unpaired) electrons. The molecule has 1 aromatic heterocycles. The Morgan fingerprint density at radius 2 is 1.67 bits per heavy atom. The lowest BCUT2D eigenvalue weighted by molar-refractivity contribution is -0.192. The fourth-order valence-corrected chi connectivity index (χ4v) is 2.16. The number of aromatic nitrogens is 2. The standard InChI is InChI=1S/C17H15N3O3.C2HF3O2/c1-11-2-4-12(5-3-11)10-15(21)18-14-8-6-13(7-9-14)16-19-17(22)23-20-16;3-2(4,5)1(6)7/h2-9H,10H2,1H3,(H,18,21)(H,19,20,22);(H,6,7). The van der Waals surface area contributed by atoms with E-state index in [2.05, 4.69) is 20.0 Å². The molecule has 0 aliphatic carbocycles. The van der Waals surface area contributed by atoms with Crippen LogP contribution in [0.15, 0.2) is 57.8 Å². The number of rotatable bonds is 4. The molecule has 8 nitrogen and oxygen atoms in total. The van der Waals surface area contributed by atoms with Crippen molar-refractivity contribution in [1.29, 1.82) is 0 Å². The summed E-state index contributed by atoms with van der Waals surface area (Å²) >= 11 is 0. The van der Waals surface area contributed by atoms with Crippen LogP contribution in [0.1, 0.15) is 11.1 Å². The Balaban J connectivity index is 0.000000396. The summed E-state index contributed by atoms with van der Waals surface area (Å²) in [7, 11) is 0. The summed E-state index contributed by atoms with van der Waals surface area (Å²) in [6.07, 6.45) is -4.77. The number of carboxylic acids is 1. The molecule has 0 bridgehead atoms. The van der Waals surface area contributed by atoms with Gasteiger partial charge in [0.05, 0.1) is 6.42 Å². The Kier molecular flexibility index (Phi) is 7.13. The second-order valence-electron chi connectivity index (χ2n) is 6.03. The van der Waals surface area contributed by atoms with Gasteiger partial charge < -0.3 is 10.4 Å². The number of anilines is 1. The minimum atomic E-state index is -5.08. The maximum atomic E-state index is 12.0. The van der Waals surface area contributed by atoms with Gasteiger partial charge in [-0.25, -0.2) is 9.59 Å². The topological polar surface area (TPSA) is 125 Å². The maximum absolute atomic E-state index is 12.0. The number of aromatic amines is 1. The first kappa shape index (κ1) is 22.4. The highest BCUT2D eigenvalue weighted by atomic mass is 19.4. The van der Waals surface area contributed by atoms with Crippen LogP contribution in [0.5, 0.6) is 0 Å². The second-order valence-corrected chi connectivity index (χ2v) is 6.03. The Morgan fingerprint density at radius 3 is 2.13 bits per heavy atom. The third-order valence-electron chi connectivity index (χ3n) is 3.61. The number of nitrogens with one attached hydrogen (secondary N) is 2. The zero-order valence-electron chi connectivity index (χ0n) is 15.5. The van der Waals surface area contributed by atoms with E-state index < -0.39 is 17.9 Å². The summed E-state index contributed by atoms with van der Waals surface area (Å²) in [6, 6.07) is 14.8. The molecule has 1 amide bonds. The third-order valence-corrected chi connectivity index (χ3v) is 3.61. The number of hydrogen-bond acceptors (Lipinski definition) is 5. The number of hydrogen-bond donors (Lipinski definition) is 3. The minimum absolute atomic E-state index is 0.0866. The fourth-order valence-electron chi connectivity index (χ4n) is 2.16. The van der Waals surface area contributed by atoms with Gasteiger partial charge in [-0.2, -0.15) is 13.2 Å². The number of carbonyl (C=O) groups is 2. The lowest BCUT2D eigenvalue weighted by Crippen LogP contribution is -2.21. The first-order valence-electron chi connectivity index (χ1n) is 8.36. The molecule has 158 valence electrons. The van der Waals surface area contributed by atoms with E-state index in [4.69, 9.17) is 9.90 Å². The quantitative estimate of drug-likeness (QED) is 0.592. The molecule has 1 heterocycles. The van der Waals surface area contributed by atoms with Crippen molar-refractivity contribution in [3.63, 3.8) is 0 Å². The molecule has 0 saturated carbocycles. The van der Waals surface area contributed by atoms with Crippen LogP contribution < -0.4 is 11.1 Å². The molecule has 11 heteroatoms. The highest BCUT2D eigenvalue weighted by molar-refractivity contribution is 5.92. The number of aliphatic carboxylic acids is 1. The zero-order valence-corrected chi connectivity index (χ0v) is 15.5. The molecular formula is C19H16F3N3O5. The smallest absolute Gasteiger partial charge is 0.475 e. The summed E-state index contributed by atoms with van der Waals surface area (Å²) in [6.45, 7) is 2.01. The van der Waals surface area contributed by atoms with Crippen molar-refractivity contribution < 1.29 is 32.4 Å². The van der Waals surface area contributed by atoms with Gasteiger partial charge in [0.1, 0.15) is 0 Å².